The summed E-state index contributed by atoms with van der Waals surface area (Å²) in [6.07, 6.45) is 9.95. The van der Waals surface area contributed by atoms with E-state index in [0.29, 0.717) is 5.75 Å². The number of hydrogen-bond donors (Lipinski definition) is 3. The standard InChI is InChI=1S/C38H52N2O5S/c1-27(2)16-14-17-28(3)18-15-19-29(4)24-25-46-26-32(36(42)43)39-35(41)34(40-37(44)45-38(5,6)7)33(30-20-10-8-11-21-30)31-22-12-9-13-23-31/h8-13,16,18,20-24,32-34H,14-15,17,19,25-26H2,1-7H3,(H,39,41)(H,40,44)(H,42,43)/b28-18+,29-24+/t32-,34+/m0/s1. The Bertz CT molecular complexity index is 1300. The number of rotatable bonds is 17. The number of amides is 2. The summed E-state index contributed by atoms with van der Waals surface area (Å²) in [5.41, 5.74) is 4.78. The zero-order chi connectivity index (χ0) is 34.1. The highest BCUT2D eigenvalue weighted by atomic mass is 32.2. The Hall–Kier alpha value is -3.78. The summed E-state index contributed by atoms with van der Waals surface area (Å²) in [6, 6.07) is 16.5. The van der Waals surface area contributed by atoms with Gasteiger partial charge in [-0.25, -0.2) is 9.59 Å². The van der Waals surface area contributed by atoms with Gasteiger partial charge in [-0.1, -0.05) is 95.6 Å². The summed E-state index contributed by atoms with van der Waals surface area (Å²) in [6.45, 7) is 13.7. The largest absolute Gasteiger partial charge is 0.480 e. The van der Waals surface area contributed by atoms with Gasteiger partial charge < -0.3 is 20.5 Å². The number of allylic oxidation sites excluding steroid dienone is 5. The van der Waals surface area contributed by atoms with Gasteiger partial charge in [-0.05, 0) is 85.3 Å². The number of carboxylic acid groups (broad SMARTS) is 1. The molecule has 2 aromatic carbocycles. The highest BCUT2D eigenvalue weighted by molar-refractivity contribution is 7.99. The zero-order valence-corrected chi connectivity index (χ0v) is 29.3. The molecule has 0 heterocycles. The molecule has 0 saturated heterocycles. The number of carbonyl (C=O) groups excluding carboxylic acids is 2. The van der Waals surface area contributed by atoms with Crippen molar-refractivity contribution in [1.82, 2.24) is 10.6 Å². The maximum atomic E-state index is 13.9. The molecule has 2 aromatic rings. The summed E-state index contributed by atoms with van der Waals surface area (Å²) < 4.78 is 5.50. The molecule has 0 aliphatic carbocycles. The predicted molar refractivity (Wildman–Crippen MR) is 190 cm³/mol. The van der Waals surface area contributed by atoms with Crippen molar-refractivity contribution in [1.29, 1.82) is 0 Å². The Morgan fingerprint density at radius 3 is 1.83 bits per heavy atom. The van der Waals surface area contributed by atoms with Crippen LogP contribution in [0.4, 0.5) is 4.79 Å². The number of benzene rings is 2. The van der Waals surface area contributed by atoms with Gasteiger partial charge in [0.05, 0.1) is 0 Å². The van der Waals surface area contributed by atoms with Crippen LogP contribution in [0.1, 0.15) is 91.2 Å². The van der Waals surface area contributed by atoms with E-state index in [9.17, 15) is 19.5 Å². The SMILES string of the molecule is CC(C)=CCC/C(C)=C/CC/C(C)=C/CSC[C@H](NC(=O)[C@H](NC(=O)OC(C)(C)C)C(c1ccccc1)c1ccccc1)C(=O)O. The minimum Gasteiger partial charge on any atom is -0.480 e. The monoisotopic (exact) mass is 648 g/mol. The van der Waals surface area contributed by atoms with E-state index in [4.69, 9.17) is 4.74 Å². The van der Waals surface area contributed by atoms with Gasteiger partial charge in [-0.15, -0.1) is 0 Å². The molecule has 2 amide bonds. The number of aliphatic carboxylic acids is 1. The van der Waals surface area contributed by atoms with Gasteiger partial charge in [0, 0.05) is 17.4 Å². The quantitative estimate of drug-likeness (QED) is 0.117. The second-order valence-corrected chi connectivity index (χ2v) is 13.9. The number of carbonyl (C=O) groups is 3. The molecule has 46 heavy (non-hydrogen) atoms. The molecule has 0 spiro atoms. The van der Waals surface area contributed by atoms with Gasteiger partial charge in [0.2, 0.25) is 5.91 Å². The molecular weight excluding hydrogens is 596 g/mol. The zero-order valence-electron chi connectivity index (χ0n) is 28.5. The molecule has 7 nitrogen and oxygen atoms in total. The van der Waals surface area contributed by atoms with E-state index < -0.39 is 41.6 Å². The van der Waals surface area contributed by atoms with Gasteiger partial charge in [0.15, 0.2) is 0 Å². The third-order valence-electron chi connectivity index (χ3n) is 7.18. The third-order valence-corrected chi connectivity index (χ3v) is 8.15. The van der Waals surface area contributed by atoms with E-state index in [1.807, 2.05) is 60.7 Å². The van der Waals surface area contributed by atoms with Crippen molar-refractivity contribution in [3.63, 3.8) is 0 Å². The van der Waals surface area contributed by atoms with Crippen LogP contribution in [0.15, 0.2) is 95.6 Å². The number of nitrogens with one attached hydrogen (secondary N) is 2. The maximum absolute atomic E-state index is 13.9. The first-order chi connectivity index (χ1) is 21.8. The molecule has 0 aliphatic rings. The normalized spacial score (nSPS) is 13.5. The predicted octanol–water partition coefficient (Wildman–Crippen LogP) is 8.43. The van der Waals surface area contributed by atoms with E-state index in [-0.39, 0.29) is 5.75 Å². The van der Waals surface area contributed by atoms with E-state index >= 15 is 0 Å². The van der Waals surface area contributed by atoms with Gasteiger partial charge >= 0.3 is 12.1 Å². The molecule has 0 unspecified atom stereocenters. The second kappa shape index (κ2) is 19.7. The van der Waals surface area contributed by atoms with Crippen molar-refractivity contribution in [2.75, 3.05) is 11.5 Å². The lowest BCUT2D eigenvalue weighted by atomic mass is 9.84. The molecule has 2 atom stereocenters. The molecule has 250 valence electrons. The van der Waals surface area contributed by atoms with Crippen LogP contribution in [0, 0.1) is 0 Å². The molecule has 0 bridgehead atoms. The van der Waals surface area contributed by atoms with Crippen LogP contribution in [-0.4, -0.2) is 52.3 Å². The lowest BCUT2D eigenvalue weighted by Gasteiger charge is -2.30. The smallest absolute Gasteiger partial charge is 0.408 e. The molecule has 2 rings (SSSR count). The highest BCUT2D eigenvalue weighted by Gasteiger charge is 2.35. The van der Waals surface area contributed by atoms with E-state index in [1.54, 1.807) is 20.8 Å². The third kappa shape index (κ3) is 15.0. The van der Waals surface area contributed by atoms with Crippen molar-refractivity contribution in [3.05, 3.63) is 107 Å². The molecule has 0 aromatic heterocycles. The Morgan fingerprint density at radius 2 is 1.33 bits per heavy atom. The Balaban J connectivity index is 2.14. The lowest BCUT2D eigenvalue weighted by molar-refractivity contribution is -0.141. The summed E-state index contributed by atoms with van der Waals surface area (Å²) in [5, 5.41) is 15.5. The van der Waals surface area contributed by atoms with Gasteiger partial charge in [-0.2, -0.15) is 11.8 Å². The first-order valence-corrected chi connectivity index (χ1v) is 17.1. The van der Waals surface area contributed by atoms with Crippen molar-refractivity contribution in [3.8, 4) is 0 Å². The van der Waals surface area contributed by atoms with Crippen LogP contribution in [0.3, 0.4) is 0 Å². The minimum absolute atomic E-state index is 0.175. The Kier molecular flexibility index (Phi) is 16.4. The lowest BCUT2D eigenvalue weighted by Crippen LogP contribution is -2.55. The first kappa shape index (κ1) is 38.4. The van der Waals surface area contributed by atoms with Gasteiger partial charge in [0.25, 0.3) is 0 Å². The van der Waals surface area contributed by atoms with Crippen LogP contribution < -0.4 is 10.6 Å². The average molecular weight is 649 g/mol. The molecule has 0 fully saturated rings. The van der Waals surface area contributed by atoms with Crippen molar-refractivity contribution >= 4 is 29.7 Å². The molecular formula is C38H52N2O5S. The van der Waals surface area contributed by atoms with Gasteiger partial charge in [0.1, 0.15) is 17.7 Å². The van der Waals surface area contributed by atoms with Crippen molar-refractivity contribution in [2.24, 2.45) is 0 Å². The summed E-state index contributed by atoms with van der Waals surface area (Å²) >= 11 is 1.44. The van der Waals surface area contributed by atoms with Crippen LogP contribution in [0.2, 0.25) is 0 Å². The molecule has 8 heteroatoms. The van der Waals surface area contributed by atoms with Crippen molar-refractivity contribution < 1.29 is 24.2 Å². The average Bonchev–Trinajstić information content (AvgIpc) is 2.98. The van der Waals surface area contributed by atoms with E-state index in [0.717, 1.165) is 36.8 Å². The summed E-state index contributed by atoms with van der Waals surface area (Å²) in [4.78, 5) is 39.1. The van der Waals surface area contributed by atoms with Crippen LogP contribution in [-0.2, 0) is 14.3 Å². The summed E-state index contributed by atoms with van der Waals surface area (Å²) in [7, 11) is 0. The number of carboxylic acids is 1. The first-order valence-electron chi connectivity index (χ1n) is 15.9. The fraction of sp³-hybridized carbons (Fsp3) is 0.447. The fourth-order valence-electron chi connectivity index (χ4n) is 4.80. The van der Waals surface area contributed by atoms with E-state index in [2.05, 4.69) is 56.6 Å². The highest BCUT2D eigenvalue weighted by Crippen LogP contribution is 2.29. The number of hydrogen-bond acceptors (Lipinski definition) is 5. The van der Waals surface area contributed by atoms with E-state index in [1.165, 1.54) is 28.5 Å². The molecule has 0 aliphatic heterocycles. The Morgan fingerprint density at radius 1 is 0.804 bits per heavy atom. The van der Waals surface area contributed by atoms with Gasteiger partial charge in [-0.3, -0.25) is 4.79 Å². The summed E-state index contributed by atoms with van der Waals surface area (Å²) in [5.74, 6) is -1.52. The topological polar surface area (TPSA) is 105 Å². The second-order valence-electron chi connectivity index (χ2n) is 12.8. The fourth-order valence-corrected chi connectivity index (χ4v) is 5.80. The maximum Gasteiger partial charge on any atom is 0.408 e. The van der Waals surface area contributed by atoms with Crippen LogP contribution in [0.5, 0.6) is 0 Å². The van der Waals surface area contributed by atoms with Crippen molar-refractivity contribution in [2.45, 2.75) is 97.8 Å². The number of thioether (sulfide) groups is 1. The van der Waals surface area contributed by atoms with Crippen LogP contribution in [0.25, 0.3) is 0 Å². The number of alkyl carbamates (subject to hydrolysis) is 1. The molecule has 0 saturated carbocycles. The van der Waals surface area contributed by atoms with Crippen LogP contribution >= 0.6 is 11.8 Å². The minimum atomic E-state index is -1.15. The molecule has 3 N–H and O–H groups in total. The number of ether oxygens (including phenoxy) is 1. The molecule has 0 radical (unpaired) electrons. The Labute approximate surface area is 280 Å².